The molecule has 3 aromatic carbocycles. The highest BCUT2D eigenvalue weighted by Crippen LogP contribution is 2.36. The zero-order valence-electron chi connectivity index (χ0n) is 24.7. The summed E-state index contributed by atoms with van der Waals surface area (Å²) in [6.45, 7) is 4.61. The van der Waals surface area contributed by atoms with E-state index in [-0.39, 0.29) is 56.9 Å². The number of ether oxygens (including phenoxy) is 2. The van der Waals surface area contributed by atoms with Crippen LogP contribution >= 0.6 is 0 Å². The summed E-state index contributed by atoms with van der Waals surface area (Å²) in [5.74, 6) is 0.186. The van der Waals surface area contributed by atoms with E-state index >= 15 is 0 Å². The Balaban J connectivity index is 1.57. The molecule has 1 atom stereocenters. The molecule has 1 aliphatic rings. The van der Waals surface area contributed by atoms with Gasteiger partial charge in [-0.25, -0.2) is 12.8 Å². The minimum absolute atomic E-state index is 0.0134. The van der Waals surface area contributed by atoms with E-state index in [2.05, 4.69) is 5.32 Å². The Morgan fingerprint density at radius 1 is 0.953 bits per heavy atom. The van der Waals surface area contributed by atoms with Gasteiger partial charge in [0.25, 0.3) is 0 Å². The number of halogens is 1. The highest BCUT2D eigenvalue weighted by molar-refractivity contribution is 7.92. The fourth-order valence-electron chi connectivity index (χ4n) is 4.81. The van der Waals surface area contributed by atoms with Gasteiger partial charge in [0.1, 0.15) is 11.9 Å². The summed E-state index contributed by atoms with van der Waals surface area (Å²) in [5, 5.41) is 2.97. The van der Waals surface area contributed by atoms with E-state index in [1.807, 2.05) is 44.2 Å². The minimum Gasteiger partial charge on any atom is -0.454 e. The lowest BCUT2D eigenvalue weighted by molar-refractivity contribution is -0.141. The third-order valence-electron chi connectivity index (χ3n) is 7.02. The monoisotopic (exact) mass is 611 g/mol. The molecule has 0 aliphatic carbocycles. The third kappa shape index (κ3) is 8.93. The van der Waals surface area contributed by atoms with Crippen molar-refractivity contribution in [2.24, 2.45) is 5.92 Å². The molecule has 230 valence electrons. The molecule has 9 nitrogen and oxygen atoms in total. The first-order chi connectivity index (χ1) is 20.5. The molecule has 0 unspecified atom stereocenters. The normalized spacial score (nSPS) is 13.0. The van der Waals surface area contributed by atoms with Gasteiger partial charge < -0.3 is 19.7 Å². The summed E-state index contributed by atoms with van der Waals surface area (Å²) in [7, 11) is -3.68. The van der Waals surface area contributed by atoms with Crippen molar-refractivity contribution < 1.29 is 31.9 Å². The highest BCUT2D eigenvalue weighted by atomic mass is 32.2. The Morgan fingerprint density at radius 2 is 1.65 bits per heavy atom. The molecule has 0 bridgehead atoms. The third-order valence-corrected chi connectivity index (χ3v) is 8.21. The first-order valence-corrected chi connectivity index (χ1v) is 16.1. The lowest BCUT2D eigenvalue weighted by Gasteiger charge is -2.32. The Hall–Kier alpha value is -4.12. The second-order valence-corrected chi connectivity index (χ2v) is 12.9. The largest absolute Gasteiger partial charge is 0.454 e. The SMILES string of the molecule is CC(C)CNC(=O)[C@@H](Cc1ccccc1)N(Cc1ccc(F)cc1)C(=O)CCCN(c1ccc2c(c1)OCO2)S(C)(=O)=O. The zero-order valence-corrected chi connectivity index (χ0v) is 25.5. The predicted octanol–water partition coefficient (Wildman–Crippen LogP) is 4.51. The van der Waals surface area contributed by atoms with Crippen LogP contribution < -0.4 is 19.1 Å². The van der Waals surface area contributed by atoms with Gasteiger partial charge in [-0.2, -0.15) is 0 Å². The highest BCUT2D eigenvalue weighted by Gasteiger charge is 2.31. The first-order valence-electron chi connectivity index (χ1n) is 14.2. The molecule has 4 rings (SSSR count). The molecule has 0 saturated carbocycles. The topological polar surface area (TPSA) is 105 Å². The number of hydrogen-bond donors (Lipinski definition) is 1. The summed E-state index contributed by atoms with van der Waals surface area (Å²) in [6, 6.07) is 19.3. The maximum Gasteiger partial charge on any atom is 0.243 e. The average molecular weight is 612 g/mol. The average Bonchev–Trinajstić information content (AvgIpc) is 3.44. The van der Waals surface area contributed by atoms with Gasteiger partial charge in [0.2, 0.25) is 28.6 Å². The maximum atomic E-state index is 13.9. The van der Waals surface area contributed by atoms with Crippen molar-refractivity contribution >= 4 is 27.5 Å². The predicted molar refractivity (Wildman–Crippen MR) is 163 cm³/mol. The second-order valence-electron chi connectivity index (χ2n) is 11.0. The summed E-state index contributed by atoms with van der Waals surface area (Å²) in [6.07, 6.45) is 1.58. The number of rotatable bonds is 14. The van der Waals surface area contributed by atoms with Crippen LogP contribution in [0, 0.1) is 11.7 Å². The number of carbonyl (C=O) groups is 2. The fraction of sp³-hybridized carbons (Fsp3) is 0.375. The van der Waals surface area contributed by atoms with E-state index in [4.69, 9.17) is 9.47 Å². The number of hydrogen-bond acceptors (Lipinski definition) is 6. The van der Waals surface area contributed by atoms with E-state index in [0.29, 0.717) is 29.3 Å². The van der Waals surface area contributed by atoms with Gasteiger partial charge >= 0.3 is 0 Å². The fourth-order valence-corrected chi connectivity index (χ4v) is 5.76. The Labute approximate surface area is 252 Å². The van der Waals surface area contributed by atoms with Crippen molar-refractivity contribution in [2.45, 2.75) is 45.7 Å². The van der Waals surface area contributed by atoms with Gasteiger partial charge in [0.05, 0.1) is 11.9 Å². The molecule has 0 aromatic heterocycles. The van der Waals surface area contributed by atoms with Gasteiger partial charge in [-0.3, -0.25) is 13.9 Å². The minimum atomic E-state index is -3.68. The van der Waals surface area contributed by atoms with Crippen LogP contribution in [0.15, 0.2) is 72.8 Å². The van der Waals surface area contributed by atoms with Crippen molar-refractivity contribution in [3.05, 3.63) is 89.7 Å². The molecular weight excluding hydrogens is 573 g/mol. The van der Waals surface area contributed by atoms with E-state index in [1.165, 1.54) is 21.3 Å². The molecule has 0 radical (unpaired) electrons. The van der Waals surface area contributed by atoms with Crippen LogP contribution in [0.25, 0.3) is 0 Å². The van der Waals surface area contributed by atoms with E-state index in [9.17, 15) is 22.4 Å². The lowest BCUT2D eigenvalue weighted by Crippen LogP contribution is -2.51. The van der Waals surface area contributed by atoms with Gasteiger partial charge in [-0.05, 0) is 47.7 Å². The van der Waals surface area contributed by atoms with Gasteiger partial charge in [0.15, 0.2) is 11.5 Å². The Kier molecular flexibility index (Phi) is 10.6. The Morgan fingerprint density at radius 3 is 2.33 bits per heavy atom. The molecule has 1 N–H and O–H groups in total. The number of fused-ring (bicyclic) bond motifs is 1. The standard InChI is InChI=1S/C32H38FN3O6S/c1-23(2)20-34-32(38)28(18-24-8-5-4-6-9-24)35(21-25-11-13-26(33)14-12-25)31(37)10-7-17-36(43(3,39)40)27-15-16-29-30(19-27)42-22-41-29/h4-6,8-9,11-16,19,23,28H,7,10,17-18,20-22H2,1-3H3,(H,34,38)/t28-/m1/s1. The van der Waals surface area contributed by atoms with Crippen LogP contribution in [0.4, 0.5) is 10.1 Å². The van der Waals surface area contributed by atoms with Gasteiger partial charge in [0, 0.05) is 38.5 Å². The quantitative estimate of drug-likeness (QED) is 0.288. The Bertz CT molecular complexity index is 1500. The molecule has 2 amide bonds. The molecule has 1 aliphatic heterocycles. The number of nitrogens with zero attached hydrogens (tertiary/aromatic N) is 2. The molecule has 3 aromatic rings. The number of carbonyl (C=O) groups excluding carboxylic acids is 2. The summed E-state index contributed by atoms with van der Waals surface area (Å²) >= 11 is 0. The number of anilines is 1. The number of benzene rings is 3. The van der Waals surface area contributed by atoms with Gasteiger partial charge in [-0.1, -0.05) is 56.3 Å². The molecule has 0 saturated heterocycles. The van der Waals surface area contributed by atoms with Crippen molar-refractivity contribution in [1.29, 1.82) is 0 Å². The van der Waals surface area contributed by atoms with Crippen molar-refractivity contribution in [3.63, 3.8) is 0 Å². The maximum absolute atomic E-state index is 13.9. The van der Waals surface area contributed by atoms with Crippen LogP contribution in [-0.4, -0.2) is 57.3 Å². The molecule has 11 heteroatoms. The number of sulfonamides is 1. The molecule has 0 spiro atoms. The van der Waals surface area contributed by atoms with Gasteiger partial charge in [-0.15, -0.1) is 0 Å². The van der Waals surface area contributed by atoms with Crippen LogP contribution in [0.2, 0.25) is 0 Å². The van der Waals surface area contributed by atoms with Crippen molar-refractivity contribution in [2.75, 3.05) is 30.4 Å². The summed E-state index contributed by atoms with van der Waals surface area (Å²) in [5.41, 5.74) is 1.95. The van der Waals surface area contributed by atoms with Crippen LogP contribution in [0.5, 0.6) is 11.5 Å². The zero-order chi connectivity index (χ0) is 31.0. The number of nitrogens with one attached hydrogen (secondary N) is 1. The lowest BCUT2D eigenvalue weighted by atomic mass is 10.0. The molecule has 43 heavy (non-hydrogen) atoms. The van der Waals surface area contributed by atoms with Crippen LogP contribution in [0.3, 0.4) is 0 Å². The summed E-state index contributed by atoms with van der Waals surface area (Å²) in [4.78, 5) is 29.0. The van der Waals surface area contributed by atoms with E-state index in [0.717, 1.165) is 11.8 Å². The molecule has 1 heterocycles. The molecule has 0 fully saturated rings. The molecular formula is C32H38FN3O6S. The number of amides is 2. The van der Waals surface area contributed by atoms with Crippen molar-refractivity contribution in [3.8, 4) is 11.5 Å². The van der Waals surface area contributed by atoms with Crippen LogP contribution in [0.1, 0.15) is 37.8 Å². The summed E-state index contributed by atoms with van der Waals surface area (Å²) < 4.78 is 51.1. The van der Waals surface area contributed by atoms with E-state index in [1.54, 1.807) is 30.3 Å². The first kappa shape index (κ1) is 31.8. The van der Waals surface area contributed by atoms with E-state index < -0.39 is 21.9 Å². The van der Waals surface area contributed by atoms with Crippen molar-refractivity contribution in [1.82, 2.24) is 10.2 Å². The second kappa shape index (κ2) is 14.4. The van der Waals surface area contributed by atoms with Crippen LogP contribution in [-0.2, 0) is 32.6 Å². The smallest absolute Gasteiger partial charge is 0.243 e.